The van der Waals surface area contributed by atoms with E-state index in [9.17, 15) is 14.0 Å². The highest BCUT2D eigenvalue weighted by Crippen LogP contribution is 2.13. The first-order valence-electron chi connectivity index (χ1n) is 6.07. The second-order valence-electron chi connectivity index (χ2n) is 5.44. The van der Waals surface area contributed by atoms with Crippen molar-refractivity contribution in [2.24, 2.45) is 5.41 Å². The van der Waals surface area contributed by atoms with Gasteiger partial charge < -0.3 is 10.6 Å². The normalized spacial score (nSPS) is 12.7. The zero-order valence-corrected chi connectivity index (χ0v) is 11.6. The summed E-state index contributed by atoms with van der Waals surface area (Å²) in [7, 11) is 0. The molecule has 5 heteroatoms. The first-order valence-corrected chi connectivity index (χ1v) is 6.07. The van der Waals surface area contributed by atoms with Gasteiger partial charge in [-0.15, -0.1) is 0 Å². The molecule has 0 spiro atoms. The third-order valence-electron chi connectivity index (χ3n) is 2.51. The summed E-state index contributed by atoms with van der Waals surface area (Å²) in [5, 5.41) is 5.16. The predicted molar refractivity (Wildman–Crippen MR) is 72.1 cm³/mol. The van der Waals surface area contributed by atoms with Crippen LogP contribution in [0.1, 0.15) is 27.7 Å². The summed E-state index contributed by atoms with van der Waals surface area (Å²) in [5.41, 5.74) is -0.199. The lowest BCUT2D eigenvalue weighted by Gasteiger charge is -2.21. The monoisotopic (exact) mass is 266 g/mol. The van der Waals surface area contributed by atoms with Crippen LogP contribution < -0.4 is 10.6 Å². The molecule has 19 heavy (non-hydrogen) atoms. The van der Waals surface area contributed by atoms with Crippen LogP contribution in [-0.2, 0) is 9.59 Å². The SMILES string of the molecule is CC(NC(=O)C(C)(C)C)C(=O)Nc1cccc(F)c1. The molecule has 0 aromatic heterocycles. The molecule has 4 nitrogen and oxygen atoms in total. The fourth-order valence-electron chi connectivity index (χ4n) is 1.30. The lowest BCUT2D eigenvalue weighted by molar-refractivity contribution is -0.131. The topological polar surface area (TPSA) is 58.2 Å². The van der Waals surface area contributed by atoms with Gasteiger partial charge in [0.25, 0.3) is 0 Å². The number of hydrogen-bond donors (Lipinski definition) is 2. The Bertz CT molecular complexity index is 481. The van der Waals surface area contributed by atoms with Gasteiger partial charge in [-0.2, -0.15) is 0 Å². The van der Waals surface area contributed by atoms with Crippen molar-refractivity contribution in [2.45, 2.75) is 33.7 Å². The Labute approximate surface area is 112 Å². The molecule has 2 N–H and O–H groups in total. The number of halogens is 1. The smallest absolute Gasteiger partial charge is 0.246 e. The van der Waals surface area contributed by atoms with Gasteiger partial charge in [-0.05, 0) is 25.1 Å². The van der Waals surface area contributed by atoms with E-state index >= 15 is 0 Å². The number of hydrogen-bond acceptors (Lipinski definition) is 2. The van der Waals surface area contributed by atoms with Crippen molar-refractivity contribution in [1.82, 2.24) is 5.32 Å². The highest BCUT2D eigenvalue weighted by Gasteiger charge is 2.25. The Hall–Kier alpha value is -1.91. The van der Waals surface area contributed by atoms with Crippen molar-refractivity contribution in [1.29, 1.82) is 0 Å². The van der Waals surface area contributed by atoms with E-state index in [1.165, 1.54) is 18.2 Å². The molecule has 104 valence electrons. The highest BCUT2D eigenvalue weighted by molar-refractivity contribution is 5.97. The van der Waals surface area contributed by atoms with E-state index in [2.05, 4.69) is 10.6 Å². The molecule has 1 unspecified atom stereocenters. The van der Waals surface area contributed by atoms with Crippen LogP contribution in [0.15, 0.2) is 24.3 Å². The third kappa shape index (κ3) is 4.69. The molecule has 0 saturated carbocycles. The molecule has 0 heterocycles. The van der Waals surface area contributed by atoms with E-state index < -0.39 is 17.3 Å². The first kappa shape index (κ1) is 15.1. The lowest BCUT2D eigenvalue weighted by Crippen LogP contribution is -2.46. The number of carbonyl (C=O) groups is 2. The second-order valence-corrected chi connectivity index (χ2v) is 5.44. The molecule has 1 aromatic rings. The van der Waals surface area contributed by atoms with E-state index in [0.717, 1.165) is 0 Å². The van der Waals surface area contributed by atoms with Crippen LogP contribution in [0, 0.1) is 11.2 Å². The summed E-state index contributed by atoms with van der Waals surface area (Å²) in [6.07, 6.45) is 0. The molecular formula is C14H19FN2O2. The van der Waals surface area contributed by atoms with Crippen molar-refractivity contribution in [3.63, 3.8) is 0 Å². The van der Waals surface area contributed by atoms with Crippen molar-refractivity contribution in [3.05, 3.63) is 30.1 Å². The Morgan fingerprint density at radius 2 is 1.89 bits per heavy atom. The molecule has 0 radical (unpaired) electrons. The molecule has 0 aliphatic rings. The maximum absolute atomic E-state index is 13.0. The molecule has 2 amide bonds. The van der Waals surface area contributed by atoms with Crippen LogP contribution >= 0.6 is 0 Å². The van der Waals surface area contributed by atoms with E-state index in [1.54, 1.807) is 33.8 Å². The van der Waals surface area contributed by atoms with Gasteiger partial charge in [-0.1, -0.05) is 26.8 Å². The van der Waals surface area contributed by atoms with Crippen molar-refractivity contribution in [2.75, 3.05) is 5.32 Å². The fourth-order valence-corrected chi connectivity index (χ4v) is 1.30. The van der Waals surface area contributed by atoms with E-state index in [0.29, 0.717) is 5.69 Å². The number of nitrogens with one attached hydrogen (secondary N) is 2. The molecule has 0 saturated heterocycles. The average molecular weight is 266 g/mol. The second kappa shape index (κ2) is 5.82. The van der Waals surface area contributed by atoms with Crippen molar-refractivity contribution in [3.8, 4) is 0 Å². The van der Waals surface area contributed by atoms with Crippen LogP contribution in [-0.4, -0.2) is 17.9 Å². The summed E-state index contributed by atoms with van der Waals surface area (Å²) in [6, 6.07) is 4.91. The third-order valence-corrected chi connectivity index (χ3v) is 2.51. The number of amides is 2. The van der Waals surface area contributed by atoms with E-state index in [-0.39, 0.29) is 11.8 Å². The van der Waals surface area contributed by atoms with Crippen LogP contribution in [0.2, 0.25) is 0 Å². The standard InChI is InChI=1S/C14H19FN2O2/c1-9(16-13(19)14(2,3)4)12(18)17-11-7-5-6-10(15)8-11/h5-9H,1-4H3,(H,16,19)(H,17,18). The molecule has 0 aliphatic carbocycles. The minimum Gasteiger partial charge on any atom is -0.344 e. The minimum atomic E-state index is -0.685. The summed E-state index contributed by atoms with van der Waals surface area (Å²) < 4.78 is 13.0. The Kier molecular flexibility index (Phi) is 4.64. The maximum Gasteiger partial charge on any atom is 0.246 e. The van der Waals surface area contributed by atoms with Crippen LogP contribution in [0.4, 0.5) is 10.1 Å². The summed E-state index contributed by atoms with van der Waals surface area (Å²) in [6.45, 7) is 6.87. The zero-order valence-electron chi connectivity index (χ0n) is 11.6. The lowest BCUT2D eigenvalue weighted by atomic mass is 9.95. The molecule has 1 aromatic carbocycles. The van der Waals surface area contributed by atoms with Gasteiger partial charge in [0, 0.05) is 11.1 Å². The average Bonchev–Trinajstić information content (AvgIpc) is 2.27. The minimum absolute atomic E-state index is 0.214. The molecule has 1 atom stereocenters. The van der Waals surface area contributed by atoms with Crippen molar-refractivity contribution < 1.29 is 14.0 Å². The Balaban J connectivity index is 2.61. The summed E-state index contributed by atoms with van der Waals surface area (Å²) in [4.78, 5) is 23.6. The Morgan fingerprint density at radius 3 is 2.42 bits per heavy atom. The molecule has 0 fully saturated rings. The molecule has 1 rings (SSSR count). The predicted octanol–water partition coefficient (Wildman–Crippen LogP) is 2.32. The first-order chi connectivity index (χ1) is 8.70. The summed E-state index contributed by atoms with van der Waals surface area (Å²) in [5.74, 6) is -1.03. The number of anilines is 1. The maximum atomic E-state index is 13.0. The van der Waals surface area contributed by atoms with Gasteiger partial charge in [-0.25, -0.2) is 4.39 Å². The molecule has 0 aliphatic heterocycles. The van der Waals surface area contributed by atoms with Gasteiger partial charge in [0.05, 0.1) is 0 Å². The van der Waals surface area contributed by atoms with Crippen LogP contribution in [0.5, 0.6) is 0 Å². The number of carbonyl (C=O) groups excluding carboxylic acids is 2. The largest absolute Gasteiger partial charge is 0.344 e. The van der Waals surface area contributed by atoms with Gasteiger partial charge in [0.15, 0.2) is 0 Å². The van der Waals surface area contributed by atoms with Gasteiger partial charge in [-0.3, -0.25) is 9.59 Å². The van der Waals surface area contributed by atoms with Crippen LogP contribution in [0.3, 0.4) is 0 Å². The Morgan fingerprint density at radius 1 is 1.26 bits per heavy atom. The van der Waals surface area contributed by atoms with E-state index in [1.807, 2.05) is 0 Å². The molecular weight excluding hydrogens is 247 g/mol. The number of rotatable bonds is 3. The fraction of sp³-hybridized carbons (Fsp3) is 0.429. The quantitative estimate of drug-likeness (QED) is 0.882. The van der Waals surface area contributed by atoms with Gasteiger partial charge in [0.1, 0.15) is 11.9 Å². The van der Waals surface area contributed by atoms with E-state index in [4.69, 9.17) is 0 Å². The van der Waals surface area contributed by atoms with Crippen molar-refractivity contribution >= 4 is 17.5 Å². The zero-order chi connectivity index (χ0) is 14.6. The molecule has 0 bridgehead atoms. The number of benzene rings is 1. The summed E-state index contributed by atoms with van der Waals surface area (Å²) >= 11 is 0. The van der Waals surface area contributed by atoms with Gasteiger partial charge in [0.2, 0.25) is 11.8 Å². The van der Waals surface area contributed by atoms with Crippen LogP contribution in [0.25, 0.3) is 0 Å². The highest BCUT2D eigenvalue weighted by atomic mass is 19.1. The van der Waals surface area contributed by atoms with Gasteiger partial charge >= 0.3 is 0 Å².